The number of aldehydes is 1. The first-order chi connectivity index (χ1) is 10.3. The van der Waals surface area contributed by atoms with Crippen LogP contribution in [0.3, 0.4) is 0 Å². The summed E-state index contributed by atoms with van der Waals surface area (Å²) in [4.78, 5) is 23.4. The van der Waals surface area contributed by atoms with Gasteiger partial charge in [-0.3, -0.25) is 9.69 Å². The van der Waals surface area contributed by atoms with E-state index >= 15 is 0 Å². The van der Waals surface area contributed by atoms with Gasteiger partial charge in [-0.15, -0.1) is 0 Å². The predicted molar refractivity (Wildman–Crippen MR) is 87.5 cm³/mol. The van der Waals surface area contributed by atoms with Gasteiger partial charge >= 0.3 is 6.09 Å². The molecule has 1 aliphatic rings. The Balaban J connectivity index is 2.60. The van der Waals surface area contributed by atoms with Crippen LogP contribution in [0.25, 0.3) is 0 Å². The fourth-order valence-corrected chi connectivity index (χ4v) is 3.15. The highest BCUT2D eigenvalue weighted by Crippen LogP contribution is 2.18. The van der Waals surface area contributed by atoms with Crippen molar-refractivity contribution in [2.75, 3.05) is 19.9 Å². The second-order valence-electron chi connectivity index (χ2n) is 6.71. The van der Waals surface area contributed by atoms with E-state index in [-0.39, 0.29) is 12.1 Å². The maximum atomic E-state index is 10.9. The van der Waals surface area contributed by atoms with Crippen LogP contribution in [0.4, 0.5) is 4.79 Å². The van der Waals surface area contributed by atoms with Gasteiger partial charge in [-0.05, 0) is 24.8 Å². The highest BCUT2D eigenvalue weighted by molar-refractivity contribution is 6.76. The number of carboxylic acid groups (broad SMARTS) is 1. The second-order valence-corrected chi connectivity index (χ2v) is 12.3. The Bertz CT molecular complexity index is 439. The first kappa shape index (κ1) is 18.7. The molecule has 6 nitrogen and oxygen atoms in total. The number of carbonyl (C=O) groups excluding carboxylic acids is 1. The van der Waals surface area contributed by atoms with E-state index in [1.165, 1.54) is 0 Å². The van der Waals surface area contributed by atoms with Crippen LogP contribution in [0.1, 0.15) is 12.8 Å². The third-order valence-electron chi connectivity index (χ3n) is 3.59. The molecular formula is C15H26N2O4Si. The van der Waals surface area contributed by atoms with Gasteiger partial charge in [0, 0.05) is 21.2 Å². The lowest BCUT2D eigenvalue weighted by molar-refractivity contribution is -0.103. The van der Waals surface area contributed by atoms with E-state index in [1.54, 1.807) is 0 Å². The Kier molecular flexibility index (Phi) is 7.58. The van der Waals surface area contributed by atoms with Crippen molar-refractivity contribution in [2.24, 2.45) is 0 Å². The minimum Gasteiger partial charge on any atom is -0.465 e. The topological polar surface area (TPSA) is 78.9 Å². The Labute approximate surface area is 133 Å². The fraction of sp³-hybridized carbons (Fsp3) is 0.733. The average Bonchev–Trinajstić information content (AvgIpc) is 2.41. The SMILES string of the molecule is C[Si](C)(C)CCOCN1CCC[C@H](NC(=O)O)C1C#CC=O. The van der Waals surface area contributed by atoms with Gasteiger partial charge in [-0.1, -0.05) is 25.6 Å². The molecule has 2 N–H and O–H groups in total. The molecule has 1 rings (SSSR count). The molecule has 0 spiro atoms. The minimum atomic E-state index is -1.13. The van der Waals surface area contributed by atoms with E-state index in [9.17, 15) is 9.59 Å². The summed E-state index contributed by atoms with van der Waals surface area (Å²) in [5.74, 6) is 5.26. The molecule has 1 fully saturated rings. The molecule has 22 heavy (non-hydrogen) atoms. The summed E-state index contributed by atoms with van der Waals surface area (Å²) in [5.41, 5.74) is 0. The average molecular weight is 326 g/mol. The van der Waals surface area contributed by atoms with Crippen molar-refractivity contribution in [3.8, 4) is 11.8 Å². The number of nitrogens with one attached hydrogen (secondary N) is 1. The number of ether oxygens (including phenoxy) is 1. The zero-order chi connectivity index (χ0) is 16.6. The number of piperidine rings is 1. The molecule has 1 saturated heterocycles. The van der Waals surface area contributed by atoms with Crippen LogP contribution < -0.4 is 5.32 Å². The molecule has 1 aliphatic heterocycles. The molecule has 124 valence electrons. The van der Waals surface area contributed by atoms with Crippen LogP contribution in [0, 0.1) is 11.8 Å². The van der Waals surface area contributed by atoms with E-state index in [0.29, 0.717) is 19.6 Å². The number of amides is 1. The quantitative estimate of drug-likeness (QED) is 0.335. The molecule has 2 atom stereocenters. The zero-order valence-electron chi connectivity index (χ0n) is 13.6. The summed E-state index contributed by atoms with van der Waals surface area (Å²) in [5, 5.41) is 11.4. The summed E-state index contributed by atoms with van der Waals surface area (Å²) in [6.45, 7) is 8.80. The van der Waals surface area contributed by atoms with E-state index in [4.69, 9.17) is 9.84 Å². The Morgan fingerprint density at radius 2 is 2.23 bits per heavy atom. The van der Waals surface area contributed by atoms with Crippen LogP contribution in [-0.2, 0) is 9.53 Å². The number of carbonyl (C=O) groups is 2. The van der Waals surface area contributed by atoms with Crippen molar-refractivity contribution < 1.29 is 19.4 Å². The van der Waals surface area contributed by atoms with Crippen molar-refractivity contribution in [3.63, 3.8) is 0 Å². The molecular weight excluding hydrogens is 300 g/mol. The van der Waals surface area contributed by atoms with Gasteiger partial charge in [0.15, 0.2) is 6.29 Å². The third-order valence-corrected chi connectivity index (χ3v) is 5.29. The molecule has 1 unspecified atom stereocenters. The largest absolute Gasteiger partial charge is 0.465 e. The lowest BCUT2D eigenvalue weighted by atomic mass is 9.97. The van der Waals surface area contributed by atoms with Crippen LogP contribution >= 0.6 is 0 Å². The summed E-state index contributed by atoms with van der Waals surface area (Å²) < 4.78 is 5.74. The minimum absolute atomic E-state index is 0.292. The van der Waals surface area contributed by atoms with Crippen LogP contribution in [-0.4, -0.2) is 62.4 Å². The molecule has 0 radical (unpaired) electrons. The lowest BCUT2D eigenvalue weighted by Crippen LogP contribution is -2.55. The summed E-state index contributed by atoms with van der Waals surface area (Å²) in [7, 11) is -1.13. The van der Waals surface area contributed by atoms with Gasteiger partial charge in [0.1, 0.15) is 6.73 Å². The van der Waals surface area contributed by atoms with Crippen LogP contribution in [0.2, 0.25) is 25.7 Å². The number of likely N-dealkylation sites (tertiary alicyclic amines) is 1. The van der Waals surface area contributed by atoms with Crippen molar-refractivity contribution in [1.82, 2.24) is 10.2 Å². The highest BCUT2D eigenvalue weighted by Gasteiger charge is 2.31. The van der Waals surface area contributed by atoms with Crippen molar-refractivity contribution in [3.05, 3.63) is 0 Å². The predicted octanol–water partition coefficient (Wildman–Crippen LogP) is 1.60. The van der Waals surface area contributed by atoms with Gasteiger partial charge in [0.25, 0.3) is 0 Å². The van der Waals surface area contributed by atoms with E-state index in [0.717, 1.165) is 25.4 Å². The Hall–Kier alpha value is -1.36. The second kappa shape index (κ2) is 8.93. The molecule has 0 aromatic heterocycles. The van der Waals surface area contributed by atoms with Crippen molar-refractivity contribution in [2.45, 2.75) is 50.6 Å². The normalized spacial score (nSPS) is 22.5. The number of hydrogen-bond donors (Lipinski definition) is 2. The maximum absolute atomic E-state index is 10.9. The van der Waals surface area contributed by atoms with E-state index < -0.39 is 14.2 Å². The Morgan fingerprint density at radius 3 is 2.82 bits per heavy atom. The maximum Gasteiger partial charge on any atom is 0.404 e. The van der Waals surface area contributed by atoms with Gasteiger partial charge < -0.3 is 15.2 Å². The molecule has 0 saturated carbocycles. The van der Waals surface area contributed by atoms with E-state index in [2.05, 4.69) is 36.8 Å². The summed E-state index contributed by atoms with van der Waals surface area (Å²) in [6, 6.07) is 0.476. The standard InChI is InChI=1S/C15H26N2O4Si/c1-22(2,3)11-10-21-12-17-8-4-6-13(16-15(19)20)14(17)7-5-9-18/h9,13-14,16H,4,6,8,10-12H2,1-3H3,(H,19,20)/t13-,14?/m0/s1. The number of rotatable bonds is 6. The van der Waals surface area contributed by atoms with Gasteiger partial charge in [-0.25, -0.2) is 4.79 Å². The number of hydrogen-bond acceptors (Lipinski definition) is 4. The summed E-state index contributed by atoms with van der Waals surface area (Å²) in [6.07, 6.45) is 1.07. The molecule has 1 amide bonds. The first-order valence-corrected chi connectivity index (χ1v) is 11.3. The molecule has 0 aliphatic carbocycles. The van der Waals surface area contributed by atoms with Gasteiger partial charge in [0.05, 0.1) is 12.1 Å². The van der Waals surface area contributed by atoms with Crippen molar-refractivity contribution in [1.29, 1.82) is 0 Å². The van der Waals surface area contributed by atoms with E-state index in [1.807, 2.05) is 4.90 Å². The molecule has 7 heteroatoms. The monoisotopic (exact) mass is 326 g/mol. The molecule has 0 aromatic carbocycles. The van der Waals surface area contributed by atoms with Gasteiger partial charge in [0.2, 0.25) is 0 Å². The highest BCUT2D eigenvalue weighted by atomic mass is 28.3. The third kappa shape index (κ3) is 7.07. The molecule has 0 aromatic rings. The molecule has 1 heterocycles. The van der Waals surface area contributed by atoms with Crippen LogP contribution in [0.15, 0.2) is 0 Å². The van der Waals surface area contributed by atoms with Crippen LogP contribution in [0.5, 0.6) is 0 Å². The van der Waals surface area contributed by atoms with Crippen molar-refractivity contribution >= 4 is 20.5 Å². The first-order valence-electron chi connectivity index (χ1n) is 7.59. The fourth-order valence-electron chi connectivity index (χ4n) is 2.39. The smallest absolute Gasteiger partial charge is 0.404 e. The number of nitrogens with zero attached hydrogens (tertiary/aromatic N) is 1. The molecule has 0 bridgehead atoms. The Morgan fingerprint density at radius 1 is 1.50 bits per heavy atom. The van der Waals surface area contributed by atoms with Gasteiger partial charge in [-0.2, -0.15) is 0 Å². The zero-order valence-corrected chi connectivity index (χ0v) is 14.6. The summed E-state index contributed by atoms with van der Waals surface area (Å²) >= 11 is 0. The lowest BCUT2D eigenvalue weighted by Gasteiger charge is -2.38.